The molecule has 0 aliphatic carbocycles. The third-order valence-corrected chi connectivity index (χ3v) is 8.48. The Morgan fingerprint density at radius 3 is 1.76 bits per heavy atom. The standard InChI is InChI=1S/C24H50NO6PS2/c1-5-7-8-9-10-11-12-13-14-15-16-17-18-19-21-33-34-22-20-29-32(27,28)31-25(6-2)24(26)30-23(3)4/h23H,5-22H2,1-4H3,(H,27,28). The molecule has 0 saturated carbocycles. The molecular formula is C24H50NO6PS2. The summed E-state index contributed by atoms with van der Waals surface area (Å²) in [5, 5.41) is 0.707. The SMILES string of the molecule is CCCCCCCCCCCCCCCCSSCCOP(=O)(O)ON(CC)C(=O)OC(C)C. The molecule has 0 aromatic heterocycles. The van der Waals surface area contributed by atoms with Crippen molar-refractivity contribution in [2.75, 3.05) is 24.7 Å². The van der Waals surface area contributed by atoms with E-state index in [1.165, 1.54) is 89.9 Å². The second-order valence-electron chi connectivity index (χ2n) is 8.75. The van der Waals surface area contributed by atoms with Crippen molar-refractivity contribution in [2.24, 2.45) is 0 Å². The van der Waals surface area contributed by atoms with Gasteiger partial charge >= 0.3 is 13.9 Å². The number of ether oxygens (including phenoxy) is 1. The van der Waals surface area contributed by atoms with Gasteiger partial charge in [0.1, 0.15) is 0 Å². The van der Waals surface area contributed by atoms with E-state index >= 15 is 0 Å². The smallest absolute Gasteiger partial charge is 0.445 e. The van der Waals surface area contributed by atoms with Crippen LogP contribution in [0.2, 0.25) is 0 Å². The molecule has 0 bridgehead atoms. The van der Waals surface area contributed by atoms with Gasteiger partial charge in [-0.1, -0.05) is 112 Å². The molecule has 0 aliphatic heterocycles. The maximum absolute atomic E-state index is 12.0. The van der Waals surface area contributed by atoms with Gasteiger partial charge in [-0.2, -0.15) is 9.69 Å². The highest BCUT2D eigenvalue weighted by molar-refractivity contribution is 8.76. The number of phosphoric acid groups is 1. The van der Waals surface area contributed by atoms with Crippen molar-refractivity contribution in [3.8, 4) is 0 Å². The molecule has 1 atom stereocenters. The monoisotopic (exact) mass is 543 g/mol. The van der Waals surface area contributed by atoms with Crippen LogP contribution in [0, 0.1) is 0 Å². The lowest BCUT2D eigenvalue weighted by Crippen LogP contribution is -2.32. The zero-order valence-corrected chi connectivity index (χ0v) is 24.5. The van der Waals surface area contributed by atoms with Crippen LogP contribution in [0.3, 0.4) is 0 Å². The second-order valence-corrected chi connectivity index (χ2v) is 12.8. The van der Waals surface area contributed by atoms with Gasteiger partial charge in [0.05, 0.1) is 12.7 Å². The fourth-order valence-corrected chi connectivity index (χ4v) is 6.19. The Morgan fingerprint density at radius 1 is 0.824 bits per heavy atom. The highest BCUT2D eigenvalue weighted by atomic mass is 33.1. The third-order valence-electron chi connectivity index (χ3n) is 5.11. The molecular weight excluding hydrogens is 493 g/mol. The van der Waals surface area contributed by atoms with Gasteiger partial charge in [0, 0.05) is 18.1 Å². The Balaban J connectivity index is 3.49. The van der Waals surface area contributed by atoms with Crippen molar-refractivity contribution in [1.82, 2.24) is 5.06 Å². The lowest BCUT2D eigenvalue weighted by atomic mass is 10.0. The van der Waals surface area contributed by atoms with E-state index in [2.05, 4.69) is 6.92 Å². The van der Waals surface area contributed by atoms with Crippen LogP contribution in [0.25, 0.3) is 0 Å². The van der Waals surface area contributed by atoms with Gasteiger partial charge in [0.15, 0.2) is 0 Å². The topological polar surface area (TPSA) is 85.3 Å². The summed E-state index contributed by atoms with van der Waals surface area (Å²) < 4.78 is 26.7. The first-order chi connectivity index (χ1) is 16.3. The second kappa shape index (κ2) is 23.5. The van der Waals surface area contributed by atoms with Crippen molar-refractivity contribution in [1.29, 1.82) is 0 Å². The summed E-state index contributed by atoms with van der Waals surface area (Å²) in [7, 11) is -0.977. The lowest BCUT2D eigenvalue weighted by molar-refractivity contribution is -0.0747. The minimum Gasteiger partial charge on any atom is -0.445 e. The maximum Gasteiger partial charge on any atom is 0.494 e. The predicted molar refractivity (Wildman–Crippen MR) is 146 cm³/mol. The average Bonchev–Trinajstić information content (AvgIpc) is 2.78. The fraction of sp³-hybridized carbons (Fsp3) is 0.958. The third kappa shape index (κ3) is 22.5. The normalized spacial score (nSPS) is 13.2. The first kappa shape index (κ1) is 34.1. The quantitative estimate of drug-likeness (QED) is 0.0559. The Bertz CT molecular complexity index is 528. The van der Waals surface area contributed by atoms with Crippen LogP contribution in [0.1, 0.15) is 118 Å². The number of phosphoric ester groups is 1. The van der Waals surface area contributed by atoms with Gasteiger partial charge in [-0.3, -0.25) is 4.52 Å². The summed E-state index contributed by atoms with van der Waals surface area (Å²) in [6.45, 7) is 7.41. The largest absolute Gasteiger partial charge is 0.494 e. The molecule has 0 rings (SSSR count). The first-order valence-electron chi connectivity index (χ1n) is 13.2. The number of nitrogens with zero attached hydrogens (tertiary/aromatic N) is 1. The summed E-state index contributed by atoms with van der Waals surface area (Å²) in [6.07, 6.45) is 17.9. The molecule has 7 nitrogen and oxygen atoms in total. The molecule has 34 heavy (non-hydrogen) atoms. The summed E-state index contributed by atoms with van der Waals surface area (Å²) in [5.74, 6) is 1.64. The summed E-state index contributed by atoms with van der Waals surface area (Å²) >= 11 is 0. The molecule has 0 heterocycles. The minimum absolute atomic E-state index is 0.0704. The minimum atomic E-state index is -4.35. The average molecular weight is 544 g/mol. The maximum atomic E-state index is 12.0. The predicted octanol–water partition coefficient (Wildman–Crippen LogP) is 8.76. The highest BCUT2D eigenvalue weighted by Crippen LogP contribution is 2.44. The van der Waals surface area contributed by atoms with E-state index in [0.717, 1.165) is 5.75 Å². The fourth-order valence-electron chi connectivity index (χ4n) is 3.29. The van der Waals surface area contributed by atoms with Crippen LogP contribution in [0.4, 0.5) is 4.79 Å². The van der Waals surface area contributed by atoms with Crippen LogP contribution in [0.15, 0.2) is 0 Å². The van der Waals surface area contributed by atoms with Crippen LogP contribution < -0.4 is 0 Å². The number of hydrogen-bond acceptors (Lipinski definition) is 7. The molecule has 0 radical (unpaired) electrons. The van der Waals surface area contributed by atoms with E-state index < -0.39 is 13.9 Å². The number of hydroxylamine groups is 2. The van der Waals surface area contributed by atoms with Crippen molar-refractivity contribution >= 4 is 35.5 Å². The first-order valence-corrected chi connectivity index (χ1v) is 17.2. The number of amides is 1. The summed E-state index contributed by atoms with van der Waals surface area (Å²) in [6, 6.07) is 0. The lowest BCUT2D eigenvalue weighted by Gasteiger charge is -2.22. The van der Waals surface area contributed by atoms with Crippen LogP contribution in [0.5, 0.6) is 0 Å². The van der Waals surface area contributed by atoms with E-state index in [1.807, 2.05) is 0 Å². The molecule has 0 saturated heterocycles. The summed E-state index contributed by atoms with van der Waals surface area (Å²) in [5.41, 5.74) is 0. The van der Waals surface area contributed by atoms with Gasteiger partial charge in [0.25, 0.3) is 0 Å². The van der Waals surface area contributed by atoms with Crippen LogP contribution >= 0.6 is 29.4 Å². The summed E-state index contributed by atoms with van der Waals surface area (Å²) in [4.78, 5) is 21.6. The van der Waals surface area contributed by atoms with E-state index in [0.29, 0.717) is 10.8 Å². The van der Waals surface area contributed by atoms with Crippen molar-refractivity contribution in [3.05, 3.63) is 0 Å². The van der Waals surface area contributed by atoms with Gasteiger partial charge < -0.3 is 9.63 Å². The van der Waals surface area contributed by atoms with Crippen LogP contribution in [-0.4, -0.2) is 46.8 Å². The number of hydrogen-bond donors (Lipinski definition) is 1. The number of unbranched alkanes of at least 4 members (excludes halogenated alkanes) is 13. The van der Waals surface area contributed by atoms with Gasteiger partial charge in [0.2, 0.25) is 0 Å². The van der Waals surface area contributed by atoms with Crippen molar-refractivity contribution in [2.45, 2.75) is 124 Å². The Morgan fingerprint density at radius 2 is 1.29 bits per heavy atom. The van der Waals surface area contributed by atoms with E-state index in [1.54, 1.807) is 42.4 Å². The molecule has 0 aromatic carbocycles. The van der Waals surface area contributed by atoms with Crippen molar-refractivity contribution < 1.29 is 28.1 Å². The molecule has 204 valence electrons. The zero-order valence-electron chi connectivity index (χ0n) is 22.0. The Kier molecular flexibility index (Phi) is 23.5. The van der Waals surface area contributed by atoms with Crippen molar-refractivity contribution in [3.63, 3.8) is 0 Å². The number of carbonyl (C=O) groups excluding carboxylic acids is 1. The van der Waals surface area contributed by atoms with E-state index in [-0.39, 0.29) is 19.3 Å². The molecule has 0 aliphatic rings. The Labute approximate surface area is 216 Å². The molecule has 1 N–H and O–H groups in total. The van der Waals surface area contributed by atoms with Gasteiger partial charge in [-0.25, -0.2) is 9.36 Å². The van der Waals surface area contributed by atoms with E-state index in [9.17, 15) is 14.3 Å². The molecule has 10 heteroatoms. The molecule has 0 spiro atoms. The highest BCUT2D eigenvalue weighted by Gasteiger charge is 2.29. The van der Waals surface area contributed by atoms with Gasteiger partial charge in [-0.15, -0.1) is 0 Å². The van der Waals surface area contributed by atoms with Gasteiger partial charge in [-0.05, 0) is 27.2 Å². The molecule has 0 fully saturated rings. The molecule has 0 aromatic rings. The van der Waals surface area contributed by atoms with E-state index in [4.69, 9.17) is 13.9 Å². The molecule has 1 unspecified atom stereocenters. The number of rotatable bonds is 24. The zero-order chi connectivity index (χ0) is 25.5. The van der Waals surface area contributed by atoms with Crippen LogP contribution in [-0.2, 0) is 18.5 Å². The Hall–Kier alpha value is 0.0800. The molecule has 1 amide bonds. The number of carbonyl (C=O) groups is 1.